The van der Waals surface area contributed by atoms with Crippen LogP contribution in [0.1, 0.15) is 31.2 Å². The summed E-state index contributed by atoms with van der Waals surface area (Å²) in [5.41, 5.74) is 6.15. The van der Waals surface area contributed by atoms with Crippen LogP contribution in [0.3, 0.4) is 0 Å². The van der Waals surface area contributed by atoms with E-state index in [0.717, 1.165) is 0 Å². The minimum absolute atomic E-state index is 0.0725. The Labute approximate surface area is 121 Å². The molecule has 7 nitrogen and oxygen atoms in total. The highest BCUT2D eigenvalue weighted by Crippen LogP contribution is 2.33. The first-order chi connectivity index (χ1) is 9.88. The van der Waals surface area contributed by atoms with E-state index in [9.17, 15) is 10.1 Å². The maximum Gasteiger partial charge on any atom is 0.314 e. The summed E-state index contributed by atoms with van der Waals surface area (Å²) in [5.74, 6) is 1.19. The molecule has 0 unspecified atom stereocenters. The number of benzene rings is 1. The van der Waals surface area contributed by atoms with E-state index in [-0.39, 0.29) is 29.1 Å². The SMILES string of the molecule is Cc1cccc(Oc2cc(N)nc(C(C)C)n2)c1[N+](=O)[O-]. The second-order valence-electron chi connectivity index (χ2n) is 4.92. The molecule has 0 bridgehead atoms. The lowest BCUT2D eigenvalue weighted by Gasteiger charge is -2.10. The molecule has 0 aliphatic rings. The molecule has 1 aromatic carbocycles. The van der Waals surface area contributed by atoms with Crippen molar-refractivity contribution in [1.82, 2.24) is 9.97 Å². The molecular weight excluding hydrogens is 272 g/mol. The summed E-state index contributed by atoms with van der Waals surface area (Å²) in [6.07, 6.45) is 0. The van der Waals surface area contributed by atoms with Crippen LogP contribution in [-0.4, -0.2) is 14.9 Å². The van der Waals surface area contributed by atoms with Gasteiger partial charge in [-0.1, -0.05) is 26.0 Å². The quantitative estimate of drug-likeness (QED) is 0.684. The molecule has 0 aliphatic heterocycles. The number of aromatic nitrogens is 2. The van der Waals surface area contributed by atoms with Gasteiger partial charge in [-0.15, -0.1) is 0 Å². The Hall–Kier alpha value is -2.70. The van der Waals surface area contributed by atoms with E-state index in [4.69, 9.17) is 10.5 Å². The fourth-order valence-corrected chi connectivity index (χ4v) is 1.83. The van der Waals surface area contributed by atoms with Crippen molar-refractivity contribution >= 4 is 11.5 Å². The average molecular weight is 288 g/mol. The minimum Gasteiger partial charge on any atom is -0.432 e. The predicted octanol–water partition coefficient (Wildman–Crippen LogP) is 3.19. The zero-order chi connectivity index (χ0) is 15.6. The number of ether oxygens (including phenoxy) is 1. The Kier molecular flexibility index (Phi) is 4.02. The molecule has 0 aliphatic carbocycles. The number of hydrogen-bond donors (Lipinski definition) is 1. The summed E-state index contributed by atoms with van der Waals surface area (Å²) in [5, 5.41) is 11.1. The lowest BCUT2D eigenvalue weighted by Crippen LogP contribution is -2.04. The van der Waals surface area contributed by atoms with Gasteiger partial charge in [0.25, 0.3) is 0 Å². The van der Waals surface area contributed by atoms with Gasteiger partial charge in [-0.05, 0) is 13.0 Å². The number of nitro groups is 1. The number of nitrogens with two attached hydrogens (primary N) is 1. The number of rotatable bonds is 4. The number of aryl methyl sites for hydroxylation is 1. The van der Waals surface area contributed by atoms with Crippen molar-refractivity contribution in [2.45, 2.75) is 26.7 Å². The van der Waals surface area contributed by atoms with Gasteiger partial charge in [0.05, 0.1) is 4.92 Å². The number of para-hydroxylation sites is 1. The number of nitro benzene ring substituents is 1. The molecule has 2 aromatic rings. The molecule has 2 rings (SSSR count). The van der Waals surface area contributed by atoms with Gasteiger partial charge in [0.1, 0.15) is 11.6 Å². The second-order valence-corrected chi connectivity index (χ2v) is 4.92. The third-order valence-electron chi connectivity index (χ3n) is 2.85. The summed E-state index contributed by atoms with van der Waals surface area (Å²) in [4.78, 5) is 19.0. The summed E-state index contributed by atoms with van der Waals surface area (Å²) in [7, 11) is 0. The first-order valence-corrected chi connectivity index (χ1v) is 6.44. The maximum atomic E-state index is 11.1. The van der Waals surface area contributed by atoms with Crippen LogP contribution in [0.2, 0.25) is 0 Å². The lowest BCUT2D eigenvalue weighted by molar-refractivity contribution is -0.386. The average Bonchev–Trinajstić information content (AvgIpc) is 2.37. The molecule has 0 saturated heterocycles. The van der Waals surface area contributed by atoms with Gasteiger partial charge in [0.15, 0.2) is 0 Å². The monoisotopic (exact) mass is 288 g/mol. The van der Waals surface area contributed by atoms with Crippen LogP contribution >= 0.6 is 0 Å². The van der Waals surface area contributed by atoms with E-state index in [0.29, 0.717) is 11.4 Å². The Morgan fingerprint density at radius 2 is 2.05 bits per heavy atom. The summed E-state index contributed by atoms with van der Waals surface area (Å²) >= 11 is 0. The molecule has 0 spiro atoms. The molecule has 0 radical (unpaired) electrons. The molecule has 21 heavy (non-hydrogen) atoms. The summed E-state index contributed by atoms with van der Waals surface area (Å²) in [6, 6.07) is 6.31. The van der Waals surface area contributed by atoms with E-state index in [1.165, 1.54) is 12.1 Å². The van der Waals surface area contributed by atoms with Gasteiger partial charge in [-0.25, -0.2) is 4.98 Å². The molecule has 0 atom stereocenters. The Bertz CT molecular complexity index is 686. The smallest absolute Gasteiger partial charge is 0.314 e. The van der Waals surface area contributed by atoms with Crippen LogP contribution in [0, 0.1) is 17.0 Å². The topological polar surface area (TPSA) is 104 Å². The van der Waals surface area contributed by atoms with Crippen LogP contribution < -0.4 is 10.5 Å². The van der Waals surface area contributed by atoms with E-state index in [1.807, 2.05) is 13.8 Å². The van der Waals surface area contributed by atoms with Gasteiger partial charge in [-0.2, -0.15) is 4.98 Å². The number of nitrogens with zero attached hydrogens (tertiary/aromatic N) is 3. The van der Waals surface area contributed by atoms with Crippen LogP contribution in [0.15, 0.2) is 24.3 Å². The first kappa shape index (κ1) is 14.7. The van der Waals surface area contributed by atoms with Crippen molar-refractivity contribution in [2.24, 2.45) is 0 Å². The molecule has 1 aromatic heterocycles. The third kappa shape index (κ3) is 3.25. The highest BCUT2D eigenvalue weighted by atomic mass is 16.6. The van der Waals surface area contributed by atoms with E-state index in [2.05, 4.69) is 9.97 Å². The minimum atomic E-state index is -0.474. The van der Waals surface area contributed by atoms with Crippen LogP contribution in [0.5, 0.6) is 11.6 Å². The standard InChI is InChI=1S/C14H16N4O3/c1-8(2)14-16-11(15)7-12(17-14)21-10-6-4-5-9(3)13(10)18(19)20/h4-8H,1-3H3,(H2,15,16,17). The van der Waals surface area contributed by atoms with Crippen molar-refractivity contribution < 1.29 is 9.66 Å². The normalized spacial score (nSPS) is 10.7. The van der Waals surface area contributed by atoms with Crippen molar-refractivity contribution in [2.75, 3.05) is 5.73 Å². The number of anilines is 1. The Morgan fingerprint density at radius 3 is 2.67 bits per heavy atom. The molecule has 1 heterocycles. The van der Waals surface area contributed by atoms with Gasteiger partial charge in [0, 0.05) is 17.5 Å². The highest BCUT2D eigenvalue weighted by molar-refractivity contribution is 5.53. The molecular formula is C14H16N4O3. The fourth-order valence-electron chi connectivity index (χ4n) is 1.83. The van der Waals surface area contributed by atoms with Gasteiger partial charge >= 0.3 is 5.69 Å². The van der Waals surface area contributed by atoms with E-state index in [1.54, 1.807) is 19.1 Å². The first-order valence-electron chi connectivity index (χ1n) is 6.44. The van der Waals surface area contributed by atoms with E-state index >= 15 is 0 Å². The van der Waals surface area contributed by atoms with Gasteiger partial charge in [-0.3, -0.25) is 10.1 Å². The zero-order valence-electron chi connectivity index (χ0n) is 12.0. The molecule has 7 heteroatoms. The second kappa shape index (κ2) is 5.74. The largest absolute Gasteiger partial charge is 0.432 e. The third-order valence-corrected chi connectivity index (χ3v) is 2.85. The lowest BCUT2D eigenvalue weighted by atomic mass is 10.2. The Morgan fingerprint density at radius 1 is 1.33 bits per heavy atom. The molecule has 0 amide bonds. The van der Waals surface area contributed by atoms with Crippen LogP contribution in [-0.2, 0) is 0 Å². The number of nitrogen functional groups attached to an aromatic ring is 1. The molecule has 2 N–H and O–H groups in total. The van der Waals surface area contributed by atoms with Crippen molar-refractivity contribution in [1.29, 1.82) is 0 Å². The fraction of sp³-hybridized carbons (Fsp3) is 0.286. The van der Waals surface area contributed by atoms with Crippen molar-refractivity contribution in [3.8, 4) is 11.6 Å². The van der Waals surface area contributed by atoms with Crippen molar-refractivity contribution in [3.63, 3.8) is 0 Å². The van der Waals surface area contributed by atoms with Crippen LogP contribution in [0.4, 0.5) is 11.5 Å². The van der Waals surface area contributed by atoms with Gasteiger partial charge in [0.2, 0.25) is 11.6 Å². The zero-order valence-corrected chi connectivity index (χ0v) is 12.0. The molecule has 0 fully saturated rings. The highest BCUT2D eigenvalue weighted by Gasteiger charge is 2.19. The summed E-state index contributed by atoms with van der Waals surface area (Å²) < 4.78 is 5.55. The van der Waals surface area contributed by atoms with Crippen LogP contribution in [0.25, 0.3) is 0 Å². The van der Waals surface area contributed by atoms with Gasteiger partial charge < -0.3 is 10.5 Å². The maximum absolute atomic E-state index is 11.1. The number of hydrogen-bond acceptors (Lipinski definition) is 6. The van der Waals surface area contributed by atoms with E-state index < -0.39 is 4.92 Å². The van der Waals surface area contributed by atoms with Crippen molar-refractivity contribution in [3.05, 3.63) is 45.8 Å². The summed E-state index contributed by atoms with van der Waals surface area (Å²) in [6.45, 7) is 5.50. The molecule has 0 saturated carbocycles. The predicted molar refractivity (Wildman–Crippen MR) is 78.4 cm³/mol. The molecule has 110 valence electrons. The Balaban J connectivity index is 2.43.